The summed E-state index contributed by atoms with van der Waals surface area (Å²) in [6.45, 7) is 0. The third kappa shape index (κ3) is 4.82. The second-order valence-corrected chi connectivity index (χ2v) is 8.13. The maximum atomic E-state index is 11.5. The number of rotatable bonds is 6. The fraction of sp³-hybridized carbons (Fsp3) is 0. The largest absolute Gasteiger partial charge is 0.478 e. The quantitative estimate of drug-likeness (QED) is 0.300. The molecule has 0 bridgehead atoms. The molecule has 0 atom stereocenters. The molecular weight excluding hydrogens is 462 g/mol. The number of aromatic nitrogens is 1. The lowest BCUT2D eigenvalue weighted by atomic mass is 10.1. The Balaban J connectivity index is 1.49. The smallest absolute Gasteiger partial charge is 0.337 e. The van der Waals surface area contributed by atoms with Crippen LogP contribution in [0.4, 0.5) is 16.5 Å². The lowest BCUT2D eigenvalue weighted by molar-refractivity contribution is 0.0698. The van der Waals surface area contributed by atoms with Crippen LogP contribution in [-0.2, 0) is 0 Å². The number of hydrogen-bond donors (Lipinski definition) is 2. The zero-order chi connectivity index (χ0) is 20.9. The molecule has 0 aliphatic heterocycles. The van der Waals surface area contributed by atoms with Gasteiger partial charge in [0.1, 0.15) is 0 Å². The Morgan fingerprint density at radius 3 is 2.57 bits per heavy atom. The number of anilines is 2. The molecule has 4 rings (SSSR count). The number of halogens is 1. The molecule has 148 valence electrons. The zero-order valence-corrected chi connectivity index (χ0v) is 18.0. The van der Waals surface area contributed by atoms with Gasteiger partial charge in [0.05, 0.1) is 16.9 Å². The number of aromatic carboxylic acids is 1. The van der Waals surface area contributed by atoms with Crippen LogP contribution in [0.2, 0.25) is 0 Å². The van der Waals surface area contributed by atoms with Crippen LogP contribution in [0.1, 0.15) is 15.9 Å². The summed E-state index contributed by atoms with van der Waals surface area (Å²) in [6.07, 6.45) is 1.80. The van der Waals surface area contributed by atoms with E-state index in [1.165, 1.54) is 11.3 Å². The van der Waals surface area contributed by atoms with E-state index in [2.05, 4.69) is 31.2 Å². The normalized spacial score (nSPS) is 11.0. The average molecular weight is 478 g/mol. The molecule has 5 nitrogen and oxygen atoms in total. The molecule has 0 fully saturated rings. The Hall–Kier alpha value is -3.29. The number of hydrogen-bond acceptors (Lipinski definition) is 5. The van der Waals surface area contributed by atoms with Crippen LogP contribution in [0.5, 0.6) is 0 Å². The van der Waals surface area contributed by atoms with Crippen molar-refractivity contribution < 1.29 is 9.90 Å². The van der Waals surface area contributed by atoms with Crippen molar-refractivity contribution in [1.82, 2.24) is 4.98 Å². The van der Waals surface area contributed by atoms with Gasteiger partial charge in [0.25, 0.3) is 0 Å². The Kier molecular flexibility index (Phi) is 6.02. The fourth-order valence-corrected chi connectivity index (χ4v) is 3.84. The van der Waals surface area contributed by atoms with Gasteiger partial charge in [-0.2, -0.15) is 0 Å². The van der Waals surface area contributed by atoms with Crippen LogP contribution in [0, 0.1) is 0 Å². The zero-order valence-electron chi connectivity index (χ0n) is 15.6. The minimum absolute atomic E-state index is 0.203. The van der Waals surface area contributed by atoms with E-state index in [9.17, 15) is 9.90 Å². The van der Waals surface area contributed by atoms with Crippen molar-refractivity contribution in [3.63, 3.8) is 0 Å². The van der Waals surface area contributed by atoms with Crippen LogP contribution in [0.3, 0.4) is 0 Å². The molecule has 30 heavy (non-hydrogen) atoms. The number of carboxylic acids is 1. The number of aliphatic imine (C=N–C) groups is 1. The molecule has 7 heteroatoms. The summed E-state index contributed by atoms with van der Waals surface area (Å²) in [6, 6.07) is 22.7. The van der Waals surface area contributed by atoms with E-state index in [1.54, 1.807) is 24.4 Å². The minimum atomic E-state index is -0.985. The molecule has 0 aliphatic carbocycles. The number of carboxylic acid groups (broad SMARTS) is 1. The predicted octanol–water partition coefficient (Wildman–Crippen LogP) is 6.77. The standard InChI is InChI=1S/C23H16BrN3O2S/c24-17-8-11-20(19(12-17)22(28)29)26-18-9-6-16(7-10-18)21-14-30-23(27-21)25-13-15-4-2-1-3-5-15/h1-14,26H,(H,28,29)/b25-13+. The molecule has 0 spiro atoms. The third-order valence-electron chi connectivity index (χ3n) is 4.29. The SMILES string of the molecule is O=C(O)c1cc(Br)ccc1Nc1ccc(-c2csc(/N=C/c3ccccc3)n2)cc1. The van der Waals surface area contributed by atoms with Crippen molar-refractivity contribution in [3.05, 3.63) is 93.8 Å². The highest BCUT2D eigenvalue weighted by molar-refractivity contribution is 9.10. The first kappa shape index (κ1) is 20.0. The second-order valence-electron chi connectivity index (χ2n) is 6.38. The maximum absolute atomic E-state index is 11.5. The van der Waals surface area contributed by atoms with Gasteiger partial charge in [0, 0.05) is 27.3 Å². The number of nitrogens with one attached hydrogen (secondary N) is 1. The lowest BCUT2D eigenvalue weighted by Gasteiger charge is -2.10. The van der Waals surface area contributed by atoms with Crippen molar-refractivity contribution in [2.24, 2.45) is 4.99 Å². The highest BCUT2D eigenvalue weighted by atomic mass is 79.9. The number of thiazole rings is 1. The Morgan fingerprint density at radius 1 is 1.07 bits per heavy atom. The first-order valence-electron chi connectivity index (χ1n) is 9.03. The van der Waals surface area contributed by atoms with Gasteiger partial charge in [-0.15, -0.1) is 11.3 Å². The first-order valence-corrected chi connectivity index (χ1v) is 10.7. The fourth-order valence-electron chi connectivity index (χ4n) is 2.81. The van der Waals surface area contributed by atoms with Gasteiger partial charge in [-0.3, -0.25) is 0 Å². The van der Waals surface area contributed by atoms with E-state index in [1.807, 2.05) is 60.0 Å². The van der Waals surface area contributed by atoms with Gasteiger partial charge < -0.3 is 10.4 Å². The van der Waals surface area contributed by atoms with Gasteiger partial charge >= 0.3 is 5.97 Å². The third-order valence-corrected chi connectivity index (χ3v) is 5.53. The highest BCUT2D eigenvalue weighted by Crippen LogP contribution is 2.29. The molecular formula is C23H16BrN3O2S. The van der Waals surface area contributed by atoms with Crippen LogP contribution < -0.4 is 5.32 Å². The molecule has 0 saturated carbocycles. The summed E-state index contributed by atoms with van der Waals surface area (Å²) in [5, 5.41) is 15.2. The van der Waals surface area contributed by atoms with E-state index in [0.29, 0.717) is 10.8 Å². The molecule has 1 aromatic heterocycles. The van der Waals surface area contributed by atoms with E-state index >= 15 is 0 Å². The topological polar surface area (TPSA) is 74.6 Å². The molecule has 0 saturated heterocycles. The molecule has 4 aromatic rings. The van der Waals surface area contributed by atoms with Crippen molar-refractivity contribution in [3.8, 4) is 11.3 Å². The summed E-state index contributed by atoms with van der Waals surface area (Å²) < 4.78 is 0.718. The van der Waals surface area contributed by atoms with Gasteiger partial charge in [-0.25, -0.2) is 14.8 Å². The van der Waals surface area contributed by atoms with E-state index in [-0.39, 0.29) is 5.56 Å². The van der Waals surface area contributed by atoms with Gasteiger partial charge in [-0.1, -0.05) is 58.4 Å². The van der Waals surface area contributed by atoms with E-state index in [0.717, 1.165) is 27.0 Å². The highest BCUT2D eigenvalue weighted by Gasteiger charge is 2.11. The Labute approximate surface area is 185 Å². The monoisotopic (exact) mass is 477 g/mol. The van der Waals surface area contributed by atoms with Crippen molar-refractivity contribution in [1.29, 1.82) is 0 Å². The van der Waals surface area contributed by atoms with Crippen molar-refractivity contribution in [2.75, 3.05) is 5.32 Å². The van der Waals surface area contributed by atoms with Crippen LogP contribution in [0.15, 0.2) is 87.6 Å². The van der Waals surface area contributed by atoms with Gasteiger partial charge in [0.2, 0.25) is 5.13 Å². The summed E-state index contributed by atoms with van der Waals surface area (Å²) in [5.41, 5.74) is 4.37. The lowest BCUT2D eigenvalue weighted by Crippen LogP contribution is -2.02. The van der Waals surface area contributed by atoms with E-state index in [4.69, 9.17) is 0 Å². The minimum Gasteiger partial charge on any atom is -0.478 e. The summed E-state index contributed by atoms with van der Waals surface area (Å²) in [7, 11) is 0. The molecule has 0 unspecified atom stereocenters. The van der Waals surface area contributed by atoms with Gasteiger partial charge in [-0.05, 0) is 35.9 Å². The number of carbonyl (C=O) groups is 1. The second kappa shape index (κ2) is 9.02. The summed E-state index contributed by atoms with van der Waals surface area (Å²) in [5.74, 6) is -0.985. The number of benzene rings is 3. The first-order chi connectivity index (χ1) is 14.6. The molecule has 0 amide bonds. The Bertz CT molecular complexity index is 1200. The molecule has 0 radical (unpaired) electrons. The average Bonchev–Trinajstić information content (AvgIpc) is 3.24. The van der Waals surface area contributed by atoms with Crippen molar-refractivity contribution in [2.45, 2.75) is 0 Å². The van der Waals surface area contributed by atoms with Crippen LogP contribution in [-0.4, -0.2) is 22.3 Å². The molecule has 2 N–H and O–H groups in total. The molecule has 3 aromatic carbocycles. The summed E-state index contributed by atoms with van der Waals surface area (Å²) in [4.78, 5) is 20.5. The maximum Gasteiger partial charge on any atom is 0.337 e. The number of nitrogens with zero attached hydrogens (tertiary/aromatic N) is 2. The van der Waals surface area contributed by atoms with Crippen molar-refractivity contribution >= 4 is 56.0 Å². The van der Waals surface area contributed by atoms with Crippen LogP contribution in [0.25, 0.3) is 11.3 Å². The summed E-state index contributed by atoms with van der Waals surface area (Å²) >= 11 is 4.79. The Morgan fingerprint density at radius 2 is 1.83 bits per heavy atom. The van der Waals surface area contributed by atoms with Crippen LogP contribution >= 0.6 is 27.3 Å². The predicted molar refractivity (Wildman–Crippen MR) is 126 cm³/mol. The molecule has 1 heterocycles. The van der Waals surface area contributed by atoms with Gasteiger partial charge in [0.15, 0.2) is 0 Å². The molecule has 0 aliphatic rings. The van der Waals surface area contributed by atoms with E-state index < -0.39 is 5.97 Å².